The Kier molecular flexibility index (Phi) is 3.63. The van der Waals surface area contributed by atoms with Crippen molar-refractivity contribution in [1.29, 1.82) is 5.26 Å². The van der Waals surface area contributed by atoms with E-state index in [9.17, 15) is 0 Å². The van der Waals surface area contributed by atoms with Crippen molar-refractivity contribution in [3.8, 4) is 6.07 Å². The van der Waals surface area contributed by atoms with Crippen LogP contribution in [0.2, 0.25) is 5.15 Å². The number of anilines is 1. The molecule has 2 aromatic rings. The lowest BCUT2D eigenvalue weighted by Crippen LogP contribution is -2.29. The van der Waals surface area contributed by atoms with Gasteiger partial charge in [-0.3, -0.25) is 0 Å². The number of rotatable bonds is 4. The van der Waals surface area contributed by atoms with E-state index in [1.165, 1.54) is 6.33 Å². The van der Waals surface area contributed by atoms with E-state index < -0.39 is 0 Å². The summed E-state index contributed by atoms with van der Waals surface area (Å²) in [6, 6.07) is 3.95. The second kappa shape index (κ2) is 5.19. The first-order valence-electron chi connectivity index (χ1n) is 5.66. The van der Waals surface area contributed by atoms with Gasteiger partial charge in [0, 0.05) is 19.2 Å². The number of hydrogen-bond acceptors (Lipinski definition) is 5. The third kappa shape index (κ3) is 2.36. The zero-order chi connectivity index (χ0) is 13.1. The van der Waals surface area contributed by atoms with E-state index in [4.69, 9.17) is 16.9 Å². The van der Waals surface area contributed by atoms with Crippen molar-refractivity contribution < 1.29 is 0 Å². The van der Waals surface area contributed by atoms with Gasteiger partial charge in [0.15, 0.2) is 0 Å². The monoisotopic (exact) mass is 264 g/mol. The van der Waals surface area contributed by atoms with Crippen molar-refractivity contribution in [1.82, 2.24) is 19.6 Å². The van der Waals surface area contributed by atoms with Gasteiger partial charge in [-0.15, -0.1) is 0 Å². The van der Waals surface area contributed by atoms with E-state index in [2.05, 4.69) is 21.1 Å². The lowest BCUT2D eigenvalue weighted by atomic mass is 10.2. The lowest BCUT2D eigenvalue weighted by molar-refractivity contribution is 0.669. The Morgan fingerprint density at radius 1 is 1.61 bits per heavy atom. The summed E-state index contributed by atoms with van der Waals surface area (Å²) >= 11 is 5.97. The van der Waals surface area contributed by atoms with Crippen LogP contribution in [0.3, 0.4) is 0 Å². The van der Waals surface area contributed by atoms with Gasteiger partial charge in [0.05, 0.1) is 12.0 Å². The number of nitrogens with zero attached hydrogens (tertiary/aromatic N) is 6. The third-order valence-electron chi connectivity index (χ3n) is 2.62. The molecule has 0 saturated heterocycles. The van der Waals surface area contributed by atoms with Crippen LogP contribution in [-0.4, -0.2) is 32.7 Å². The van der Waals surface area contributed by atoms with Crippen molar-refractivity contribution >= 4 is 23.2 Å². The standard InChI is InChI=1S/C11H13ClN6/c1-3-17(6-8(2)5-13)10-4-9(12)16-11-14-7-15-18(10)11/h4,7-8H,3,6H2,1-2H3. The Labute approximate surface area is 110 Å². The van der Waals surface area contributed by atoms with E-state index in [1.54, 1.807) is 10.6 Å². The summed E-state index contributed by atoms with van der Waals surface area (Å²) in [5.41, 5.74) is 0. The Balaban J connectivity index is 2.44. The van der Waals surface area contributed by atoms with Gasteiger partial charge in [-0.2, -0.15) is 24.8 Å². The fourth-order valence-corrected chi connectivity index (χ4v) is 1.92. The predicted octanol–water partition coefficient (Wildman–Crippen LogP) is 1.76. The Morgan fingerprint density at radius 2 is 2.39 bits per heavy atom. The highest BCUT2D eigenvalue weighted by Crippen LogP contribution is 2.19. The van der Waals surface area contributed by atoms with Gasteiger partial charge in [0.25, 0.3) is 5.78 Å². The summed E-state index contributed by atoms with van der Waals surface area (Å²) in [6.07, 6.45) is 1.43. The summed E-state index contributed by atoms with van der Waals surface area (Å²) < 4.78 is 1.62. The van der Waals surface area contributed by atoms with E-state index in [-0.39, 0.29) is 5.92 Å². The molecule has 0 radical (unpaired) electrons. The molecule has 0 spiro atoms. The molecule has 0 saturated carbocycles. The molecule has 0 aliphatic rings. The largest absolute Gasteiger partial charge is 0.355 e. The molecule has 18 heavy (non-hydrogen) atoms. The normalized spacial score (nSPS) is 12.3. The number of fused-ring (bicyclic) bond motifs is 1. The zero-order valence-electron chi connectivity index (χ0n) is 10.2. The molecule has 0 aliphatic carbocycles. The van der Waals surface area contributed by atoms with Crippen molar-refractivity contribution in [3.05, 3.63) is 17.5 Å². The van der Waals surface area contributed by atoms with Crippen LogP contribution in [0.5, 0.6) is 0 Å². The molecule has 0 amide bonds. The van der Waals surface area contributed by atoms with Crippen LogP contribution in [0.15, 0.2) is 12.4 Å². The van der Waals surface area contributed by atoms with E-state index in [0.717, 1.165) is 12.4 Å². The van der Waals surface area contributed by atoms with Gasteiger partial charge < -0.3 is 4.90 Å². The quantitative estimate of drug-likeness (QED) is 0.787. The molecular formula is C11H13ClN6. The first-order chi connectivity index (χ1) is 8.65. The highest BCUT2D eigenvalue weighted by atomic mass is 35.5. The van der Waals surface area contributed by atoms with Gasteiger partial charge in [0.1, 0.15) is 17.3 Å². The molecule has 7 heteroatoms. The maximum atomic E-state index is 8.90. The van der Waals surface area contributed by atoms with E-state index >= 15 is 0 Å². The molecule has 6 nitrogen and oxygen atoms in total. The molecule has 2 heterocycles. The van der Waals surface area contributed by atoms with Crippen LogP contribution >= 0.6 is 11.6 Å². The molecule has 1 atom stereocenters. The summed E-state index contributed by atoms with van der Waals surface area (Å²) in [5, 5.41) is 13.4. The van der Waals surface area contributed by atoms with E-state index in [1.807, 2.05) is 18.7 Å². The highest BCUT2D eigenvalue weighted by Gasteiger charge is 2.14. The SMILES string of the molecule is CCN(CC(C)C#N)c1cc(Cl)nc2ncnn12. The molecule has 94 valence electrons. The van der Waals surface area contributed by atoms with Gasteiger partial charge in [-0.05, 0) is 13.8 Å². The molecule has 1 unspecified atom stereocenters. The smallest absolute Gasteiger partial charge is 0.255 e. The first-order valence-corrected chi connectivity index (χ1v) is 6.04. The van der Waals surface area contributed by atoms with Crippen molar-refractivity contribution in [2.75, 3.05) is 18.0 Å². The van der Waals surface area contributed by atoms with Crippen LogP contribution in [0.25, 0.3) is 5.78 Å². The minimum atomic E-state index is -0.0736. The highest BCUT2D eigenvalue weighted by molar-refractivity contribution is 6.29. The second-order valence-electron chi connectivity index (χ2n) is 3.98. The second-order valence-corrected chi connectivity index (χ2v) is 4.36. The van der Waals surface area contributed by atoms with Gasteiger partial charge in [0.2, 0.25) is 0 Å². The maximum Gasteiger partial charge on any atom is 0.255 e. The van der Waals surface area contributed by atoms with Crippen LogP contribution in [-0.2, 0) is 0 Å². The topological polar surface area (TPSA) is 70.1 Å². The molecule has 0 aromatic carbocycles. The number of hydrogen-bond donors (Lipinski definition) is 0. The number of aromatic nitrogens is 4. The summed E-state index contributed by atoms with van der Waals surface area (Å²) in [7, 11) is 0. The molecule has 2 rings (SSSR count). The fraction of sp³-hybridized carbons (Fsp3) is 0.455. The summed E-state index contributed by atoms with van der Waals surface area (Å²) in [5.74, 6) is 1.18. The van der Waals surface area contributed by atoms with Crippen LogP contribution in [0, 0.1) is 17.2 Å². The van der Waals surface area contributed by atoms with Crippen LogP contribution in [0.4, 0.5) is 5.82 Å². The first kappa shape index (κ1) is 12.6. The third-order valence-corrected chi connectivity index (χ3v) is 2.82. The number of halogens is 1. The van der Waals surface area contributed by atoms with Gasteiger partial charge in [-0.25, -0.2) is 0 Å². The number of nitriles is 1. The molecule has 0 fully saturated rings. The van der Waals surface area contributed by atoms with Crippen LogP contribution < -0.4 is 4.90 Å². The minimum Gasteiger partial charge on any atom is -0.355 e. The predicted molar refractivity (Wildman–Crippen MR) is 68.5 cm³/mol. The van der Waals surface area contributed by atoms with Crippen molar-refractivity contribution in [2.24, 2.45) is 5.92 Å². The summed E-state index contributed by atoms with van der Waals surface area (Å²) in [4.78, 5) is 10.1. The van der Waals surface area contributed by atoms with Gasteiger partial charge in [-0.1, -0.05) is 11.6 Å². The zero-order valence-corrected chi connectivity index (χ0v) is 11.0. The average molecular weight is 265 g/mol. The van der Waals surface area contributed by atoms with Crippen LogP contribution in [0.1, 0.15) is 13.8 Å². The molecule has 2 aromatic heterocycles. The fourth-order valence-electron chi connectivity index (χ4n) is 1.75. The average Bonchev–Trinajstić information content (AvgIpc) is 2.82. The molecule has 0 N–H and O–H groups in total. The van der Waals surface area contributed by atoms with Crippen molar-refractivity contribution in [2.45, 2.75) is 13.8 Å². The Morgan fingerprint density at radius 3 is 3.06 bits per heavy atom. The van der Waals surface area contributed by atoms with Crippen molar-refractivity contribution in [3.63, 3.8) is 0 Å². The Hall–Kier alpha value is -1.87. The molecule has 0 aliphatic heterocycles. The minimum absolute atomic E-state index is 0.0736. The molecule has 0 bridgehead atoms. The summed E-state index contributed by atoms with van der Waals surface area (Å²) in [6.45, 7) is 5.26. The maximum absolute atomic E-state index is 8.90. The van der Waals surface area contributed by atoms with Gasteiger partial charge >= 0.3 is 0 Å². The molecular weight excluding hydrogens is 252 g/mol. The lowest BCUT2D eigenvalue weighted by Gasteiger charge is -2.24. The van der Waals surface area contributed by atoms with E-state index in [0.29, 0.717) is 17.5 Å². The Bertz CT molecular complexity index is 587.